The largest absolute Gasteiger partial charge is 0.383 e. The third kappa shape index (κ3) is 3.59. The lowest BCUT2D eigenvalue weighted by molar-refractivity contribution is 0.199. The first-order valence-electron chi connectivity index (χ1n) is 5.96. The molecular formula is C12H16BrN5O. The number of nitrogens with zero attached hydrogens (tertiary/aromatic N) is 4. The van der Waals surface area contributed by atoms with Gasteiger partial charge in [0.25, 0.3) is 0 Å². The van der Waals surface area contributed by atoms with Crippen LogP contribution < -0.4 is 5.32 Å². The molecule has 1 N–H and O–H groups in total. The highest BCUT2D eigenvalue weighted by Gasteiger charge is 2.10. The Morgan fingerprint density at radius 3 is 3.00 bits per heavy atom. The van der Waals surface area contributed by atoms with E-state index in [4.69, 9.17) is 4.74 Å². The number of hydrogen-bond acceptors (Lipinski definition) is 5. The summed E-state index contributed by atoms with van der Waals surface area (Å²) in [5, 5.41) is 15.1. The molecule has 1 heterocycles. The standard InChI is InChI=1S/C12H16BrN5O/c1-9-7-10(13)3-4-11(9)18-12(15-16-17-18)8-14-5-6-19-2/h3-4,7,14H,5-6,8H2,1-2H3. The Kier molecular flexibility index (Phi) is 5.00. The van der Waals surface area contributed by atoms with E-state index in [1.54, 1.807) is 11.8 Å². The maximum absolute atomic E-state index is 4.98. The van der Waals surface area contributed by atoms with Crippen molar-refractivity contribution in [3.63, 3.8) is 0 Å². The summed E-state index contributed by atoms with van der Waals surface area (Å²) >= 11 is 3.45. The first kappa shape index (κ1) is 14.1. The summed E-state index contributed by atoms with van der Waals surface area (Å²) < 4.78 is 7.78. The van der Waals surface area contributed by atoms with Gasteiger partial charge in [0.05, 0.1) is 18.8 Å². The zero-order chi connectivity index (χ0) is 13.7. The van der Waals surface area contributed by atoms with Crippen LogP contribution in [0.15, 0.2) is 22.7 Å². The molecule has 2 aromatic rings. The predicted molar refractivity (Wildman–Crippen MR) is 75.2 cm³/mol. The van der Waals surface area contributed by atoms with Gasteiger partial charge in [0.15, 0.2) is 5.82 Å². The molecule has 0 aliphatic heterocycles. The minimum Gasteiger partial charge on any atom is -0.383 e. The Bertz CT molecular complexity index is 543. The summed E-state index contributed by atoms with van der Waals surface area (Å²) in [4.78, 5) is 0. The van der Waals surface area contributed by atoms with Crippen molar-refractivity contribution in [2.24, 2.45) is 0 Å². The van der Waals surface area contributed by atoms with Gasteiger partial charge >= 0.3 is 0 Å². The van der Waals surface area contributed by atoms with E-state index in [2.05, 4.69) is 36.8 Å². The van der Waals surface area contributed by atoms with E-state index in [1.807, 2.05) is 25.1 Å². The normalized spacial score (nSPS) is 10.9. The van der Waals surface area contributed by atoms with Crippen LogP contribution in [0.25, 0.3) is 5.69 Å². The van der Waals surface area contributed by atoms with E-state index in [0.29, 0.717) is 13.2 Å². The lowest BCUT2D eigenvalue weighted by atomic mass is 10.2. The van der Waals surface area contributed by atoms with Crippen molar-refractivity contribution in [1.82, 2.24) is 25.5 Å². The Morgan fingerprint density at radius 2 is 2.26 bits per heavy atom. The number of rotatable bonds is 6. The molecule has 0 saturated heterocycles. The Morgan fingerprint density at radius 1 is 1.42 bits per heavy atom. The summed E-state index contributed by atoms with van der Waals surface area (Å²) in [6, 6.07) is 6.01. The maximum Gasteiger partial charge on any atom is 0.170 e. The van der Waals surface area contributed by atoms with Crippen LogP contribution in [0.5, 0.6) is 0 Å². The number of hydrogen-bond donors (Lipinski definition) is 1. The van der Waals surface area contributed by atoms with Gasteiger partial charge in [-0.15, -0.1) is 5.10 Å². The highest BCUT2D eigenvalue weighted by molar-refractivity contribution is 9.10. The molecule has 0 spiro atoms. The van der Waals surface area contributed by atoms with Crippen LogP contribution in [0.4, 0.5) is 0 Å². The van der Waals surface area contributed by atoms with Crippen LogP contribution in [0.3, 0.4) is 0 Å². The lowest BCUT2D eigenvalue weighted by Crippen LogP contribution is -2.21. The molecule has 0 amide bonds. The molecule has 102 valence electrons. The Hall–Kier alpha value is -1.31. The van der Waals surface area contributed by atoms with Crippen molar-refractivity contribution in [3.05, 3.63) is 34.1 Å². The number of aromatic nitrogens is 4. The highest BCUT2D eigenvalue weighted by atomic mass is 79.9. The van der Waals surface area contributed by atoms with Gasteiger partial charge in [-0.05, 0) is 41.1 Å². The smallest absolute Gasteiger partial charge is 0.170 e. The number of halogens is 1. The SMILES string of the molecule is COCCNCc1nnnn1-c1ccc(Br)cc1C. The Balaban J connectivity index is 2.14. The third-order valence-electron chi connectivity index (χ3n) is 2.69. The van der Waals surface area contributed by atoms with Gasteiger partial charge in [-0.3, -0.25) is 0 Å². The molecule has 0 unspecified atom stereocenters. The summed E-state index contributed by atoms with van der Waals surface area (Å²) in [6.07, 6.45) is 0. The van der Waals surface area contributed by atoms with Crippen LogP contribution in [0, 0.1) is 6.92 Å². The van der Waals surface area contributed by atoms with E-state index in [-0.39, 0.29) is 0 Å². The van der Waals surface area contributed by atoms with E-state index < -0.39 is 0 Å². The zero-order valence-corrected chi connectivity index (χ0v) is 12.5. The number of aryl methyl sites for hydroxylation is 1. The summed E-state index contributed by atoms with van der Waals surface area (Å²) in [5.74, 6) is 0.779. The van der Waals surface area contributed by atoms with Crippen LogP contribution in [0.1, 0.15) is 11.4 Å². The van der Waals surface area contributed by atoms with Crippen molar-refractivity contribution in [3.8, 4) is 5.69 Å². The number of ether oxygens (including phenoxy) is 1. The van der Waals surface area contributed by atoms with Gasteiger partial charge in [0.2, 0.25) is 0 Å². The third-order valence-corrected chi connectivity index (χ3v) is 3.18. The summed E-state index contributed by atoms with van der Waals surface area (Å²) in [6.45, 7) is 4.07. The minimum absolute atomic E-state index is 0.603. The topological polar surface area (TPSA) is 64.9 Å². The van der Waals surface area contributed by atoms with Gasteiger partial charge in [0, 0.05) is 18.1 Å². The van der Waals surface area contributed by atoms with Crippen LogP contribution in [0.2, 0.25) is 0 Å². The van der Waals surface area contributed by atoms with Gasteiger partial charge in [-0.25, -0.2) is 0 Å². The fraction of sp³-hybridized carbons (Fsp3) is 0.417. The monoisotopic (exact) mass is 325 g/mol. The molecule has 0 aliphatic rings. The summed E-state index contributed by atoms with van der Waals surface area (Å²) in [5.41, 5.74) is 2.09. The second kappa shape index (κ2) is 6.74. The molecule has 19 heavy (non-hydrogen) atoms. The molecule has 1 aromatic carbocycles. The van der Waals surface area contributed by atoms with Crippen LogP contribution in [-0.4, -0.2) is 40.5 Å². The van der Waals surface area contributed by atoms with Crippen molar-refractivity contribution in [2.75, 3.05) is 20.3 Å². The molecule has 0 saturated carbocycles. The first-order valence-corrected chi connectivity index (χ1v) is 6.75. The van der Waals surface area contributed by atoms with E-state index in [9.17, 15) is 0 Å². The number of tetrazole rings is 1. The molecule has 7 heteroatoms. The molecule has 2 rings (SSSR count). The van der Waals surface area contributed by atoms with E-state index >= 15 is 0 Å². The zero-order valence-electron chi connectivity index (χ0n) is 10.9. The number of methoxy groups -OCH3 is 1. The predicted octanol–water partition coefficient (Wildman–Crippen LogP) is 1.47. The molecule has 0 fully saturated rings. The van der Waals surface area contributed by atoms with Crippen LogP contribution >= 0.6 is 15.9 Å². The van der Waals surface area contributed by atoms with Crippen LogP contribution in [-0.2, 0) is 11.3 Å². The van der Waals surface area contributed by atoms with Gasteiger partial charge in [0.1, 0.15) is 0 Å². The van der Waals surface area contributed by atoms with Crippen molar-refractivity contribution in [2.45, 2.75) is 13.5 Å². The second-order valence-electron chi connectivity index (χ2n) is 4.11. The Labute approximate surface area is 120 Å². The molecular weight excluding hydrogens is 310 g/mol. The molecule has 0 aliphatic carbocycles. The molecule has 0 bridgehead atoms. The van der Waals surface area contributed by atoms with Crippen molar-refractivity contribution in [1.29, 1.82) is 0 Å². The van der Waals surface area contributed by atoms with E-state index in [1.165, 1.54) is 0 Å². The first-order chi connectivity index (χ1) is 9.22. The molecule has 0 atom stereocenters. The molecule has 0 radical (unpaired) electrons. The van der Waals surface area contributed by atoms with Gasteiger partial charge in [-0.1, -0.05) is 15.9 Å². The average molecular weight is 326 g/mol. The summed E-state index contributed by atoms with van der Waals surface area (Å²) in [7, 11) is 1.68. The lowest BCUT2D eigenvalue weighted by Gasteiger charge is -2.08. The fourth-order valence-electron chi connectivity index (χ4n) is 1.73. The quantitative estimate of drug-likeness (QED) is 0.815. The molecule has 6 nitrogen and oxygen atoms in total. The molecule has 1 aromatic heterocycles. The fourth-order valence-corrected chi connectivity index (χ4v) is 2.21. The maximum atomic E-state index is 4.98. The van der Waals surface area contributed by atoms with Crippen molar-refractivity contribution >= 4 is 15.9 Å². The number of benzene rings is 1. The van der Waals surface area contributed by atoms with Gasteiger partial charge in [-0.2, -0.15) is 4.68 Å². The number of nitrogens with one attached hydrogen (secondary N) is 1. The second-order valence-corrected chi connectivity index (χ2v) is 5.02. The average Bonchev–Trinajstić information content (AvgIpc) is 2.83. The van der Waals surface area contributed by atoms with E-state index in [0.717, 1.165) is 28.1 Å². The minimum atomic E-state index is 0.603. The van der Waals surface area contributed by atoms with Gasteiger partial charge < -0.3 is 10.1 Å². The highest BCUT2D eigenvalue weighted by Crippen LogP contribution is 2.19. The van der Waals surface area contributed by atoms with Crippen molar-refractivity contribution < 1.29 is 4.74 Å².